The highest BCUT2D eigenvalue weighted by atomic mass is 35.5. The van der Waals surface area contributed by atoms with Crippen molar-refractivity contribution < 1.29 is 14.4 Å². The summed E-state index contributed by atoms with van der Waals surface area (Å²) in [4.78, 5) is 10.8. The van der Waals surface area contributed by atoms with Crippen molar-refractivity contribution in [3.05, 3.63) is 53.4 Å². The minimum absolute atomic E-state index is 0. The van der Waals surface area contributed by atoms with Crippen LogP contribution in [0.15, 0.2) is 40.9 Å². The molecular formula is C13H12ClNO3. The number of hydrogen-bond donors (Lipinski definition) is 1. The monoisotopic (exact) mass is 265 g/mol. The Balaban J connectivity index is 0.00000120. The Kier molecular flexibility index (Phi) is 3.13. The Bertz CT molecular complexity index is 561. The summed E-state index contributed by atoms with van der Waals surface area (Å²) in [6.45, 7) is 0. The van der Waals surface area contributed by atoms with Gasteiger partial charge in [0.1, 0.15) is 5.76 Å². The van der Waals surface area contributed by atoms with Crippen LogP contribution >= 0.6 is 12.4 Å². The second-order valence-electron chi connectivity index (χ2n) is 4.33. The number of rotatable bonds is 3. The fourth-order valence-electron chi connectivity index (χ4n) is 2.16. The van der Waals surface area contributed by atoms with Crippen LogP contribution in [-0.2, 0) is 5.41 Å². The van der Waals surface area contributed by atoms with E-state index in [2.05, 4.69) is 5.16 Å². The summed E-state index contributed by atoms with van der Waals surface area (Å²) in [6, 6.07) is 11.5. The topological polar surface area (TPSA) is 63.3 Å². The molecule has 1 aliphatic rings. The lowest BCUT2D eigenvalue weighted by Gasteiger charge is -2.10. The van der Waals surface area contributed by atoms with Crippen molar-refractivity contribution in [2.45, 2.75) is 18.3 Å². The van der Waals surface area contributed by atoms with E-state index >= 15 is 0 Å². The van der Waals surface area contributed by atoms with Gasteiger partial charge in [-0.05, 0) is 18.4 Å². The summed E-state index contributed by atoms with van der Waals surface area (Å²) in [6.07, 6.45) is 1.95. The molecule has 0 unspecified atom stereocenters. The van der Waals surface area contributed by atoms with Gasteiger partial charge in [0.25, 0.3) is 0 Å². The number of benzene rings is 1. The summed E-state index contributed by atoms with van der Waals surface area (Å²) in [5, 5.41) is 12.4. The van der Waals surface area contributed by atoms with Gasteiger partial charge in [0, 0.05) is 6.07 Å². The SMILES string of the molecule is Cl.O=C(O)c1cc(C2(c3ccccc3)CC2)on1. The molecule has 1 N–H and O–H groups in total. The molecule has 1 aliphatic carbocycles. The summed E-state index contributed by atoms with van der Waals surface area (Å²) in [5.41, 5.74) is 0.984. The predicted octanol–water partition coefficient (Wildman–Crippen LogP) is 2.87. The molecule has 1 heterocycles. The summed E-state index contributed by atoms with van der Waals surface area (Å²) >= 11 is 0. The van der Waals surface area contributed by atoms with Crippen molar-refractivity contribution in [2.75, 3.05) is 0 Å². The van der Waals surface area contributed by atoms with Crippen LogP contribution in [0.25, 0.3) is 0 Å². The van der Waals surface area contributed by atoms with Gasteiger partial charge in [-0.1, -0.05) is 35.5 Å². The largest absolute Gasteiger partial charge is 0.476 e. The van der Waals surface area contributed by atoms with E-state index in [1.807, 2.05) is 30.3 Å². The van der Waals surface area contributed by atoms with Crippen LogP contribution in [0, 0.1) is 0 Å². The maximum atomic E-state index is 10.8. The summed E-state index contributed by atoms with van der Waals surface area (Å²) < 4.78 is 5.18. The second-order valence-corrected chi connectivity index (χ2v) is 4.33. The zero-order valence-electron chi connectivity index (χ0n) is 9.50. The van der Waals surface area contributed by atoms with Crippen molar-refractivity contribution in [3.63, 3.8) is 0 Å². The number of carboxylic acids is 1. The molecule has 0 atom stereocenters. The van der Waals surface area contributed by atoms with Crippen LogP contribution < -0.4 is 0 Å². The van der Waals surface area contributed by atoms with Crippen LogP contribution in [-0.4, -0.2) is 16.2 Å². The molecule has 0 amide bonds. The van der Waals surface area contributed by atoms with Gasteiger partial charge < -0.3 is 9.63 Å². The lowest BCUT2D eigenvalue weighted by Crippen LogP contribution is -2.07. The van der Waals surface area contributed by atoms with E-state index in [9.17, 15) is 4.79 Å². The highest BCUT2D eigenvalue weighted by Gasteiger charge is 2.49. The van der Waals surface area contributed by atoms with E-state index in [4.69, 9.17) is 9.63 Å². The van der Waals surface area contributed by atoms with Gasteiger partial charge in [-0.3, -0.25) is 0 Å². The van der Waals surface area contributed by atoms with Crippen molar-refractivity contribution in [3.8, 4) is 0 Å². The smallest absolute Gasteiger partial charge is 0.358 e. The lowest BCUT2D eigenvalue weighted by molar-refractivity contribution is 0.0685. The zero-order chi connectivity index (χ0) is 11.9. The molecule has 1 aromatic carbocycles. The molecule has 0 radical (unpaired) electrons. The number of carbonyl (C=O) groups is 1. The van der Waals surface area contributed by atoms with Crippen LogP contribution in [0.3, 0.4) is 0 Å². The van der Waals surface area contributed by atoms with Gasteiger partial charge in [-0.15, -0.1) is 12.4 Å². The number of hydrogen-bond acceptors (Lipinski definition) is 3. The molecule has 0 bridgehead atoms. The van der Waals surface area contributed by atoms with Gasteiger partial charge in [-0.25, -0.2) is 4.79 Å². The van der Waals surface area contributed by atoms with Crippen LogP contribution in [0.2, 0.25) is 0 Å². The van der Waals surface area contributed by atoms with Crippen molar-refractivity contribution in [1.29, 1.82) is 0 Å². The molecule has 2 aromatic rings. The van der Waals surface area contributed by atoms with Gasteiger partial charge >= 0.3 is 5.97 Å². The third-order valence-electron chi connectivity index (χ3n) is 3.28. The third kappa shape index (κ3) is 1.88. The Morgan fingerprint density at radius 2 is 1.94 bits per heavy atom. The fourth-order valence-corrected chi connectivity index (χ4v) is 2.16. The quantitative estimate of drug-likeness (QED) is 0.927. The minimum Gasteiger partial charge on any atom is -0.476 e. The highest BCUT2D eigenvalue weighted by molar-refractivity contribution is 5.85. The highest BCUT2D eigenvalue weighted by Crippen LogP contribution is 2.53. The molecule has 94 valence electrons. The average Bonchev–Trinajstić information content (AvgIpc) is 3.00. The van der Waals surface area contributed by atoms with Crippen LogP contribution in [0.4, 0.5) is 0 Å². The number of aromatic nitrogens is 1. The van der Waals surface area contributed by atoms with Crippen molar-refractivity contribution >= 4 is 18.4 Å². The summed E-state index contributed by atoms with van der Waals surface area (Å²) in [7, 11) is 0. The van der Waals surface area contributed by atoms with E-state index in [1.165, 1.54) is 6.07 Å². The van der Waals surface area contributed by atoms with E-state index < -0.39 is 5.97 Å². The van der Waals surface area contributed by atoms with Gasteiger partial charge in [0.2, 0.25) is 0 Å². The molecular weight excluding hydrogens is 254 g/mol. The van der Waals surface area contributed by atoms with E-state index in [0.717, 1.165) is 18.4 Å². The zero-order valence-corrected chi connectivity index (χ0v) is 10.3. The van der Waals surface area contributed by atoms with Gasteiger partial charge in [-0.2, -0.15) is 0 Å². The van der Waals surface area contributed by atoms with E-state index in [1.54, 1.807) is 0 Å². The average molecular weight is 266 g/mol. The Morgan fingerprint density at radius 3 is 2.44 bits per heavy atom. The predicted molar refractivity (Wildman–Crippen MR) is 67.2 cm³/mol. The van der Waals surface area contributed by atoms with E-state index in [-0.39, 0.29) is 23.5 Å². The first kappa shape index (κ1) is 12.6. The standard InChI is InChI=1S/C13H11NO3.ClH/c15-12(16)10-8-11(17-14-10)13(6-7-13)9-4-2-1-3-5-9;/h1-5,8H,6-7H2,(H,15,16);1H. The maximum Gasteiger partial charge on any atom is 0.358 e. The molecule has 5 heteroatoms. The molecule has 0 saturated heterocycles. The van der Waals surface area contributed by atoms with Crippen molar-refractivity contribution in [1.82, 2.24) is 5.16 Å². The Morgan fingerprint density at radius 1 is 1.28 bits per heavy atom. The second kappa shape index (κ2) is 4.46. The molecule has 0 spiro atoms. The first-order valence-electron chi connectivity index (χ1n) is 5.48. The Hall–Kier alpha value is -1.81. The molecule has 1 fully saturated rings. The number of aromatic carboxylic acids is 1. The van der Waals surface area contributed by atoms with Crippen molar-refractivity contribution in [2.24, 2.45) is 0 Å². The molecule has 0 aliphatic heterocycles. The van der Waals surface area contributed by atoms with Gasteiger partial charge in [0.05, 0.1) is 5.41 Å². The molecule has 1 saturated carbocycles. The van der Waals surface area contributed by atoms with Gasteiger partial charge in [0.15, 0.2) is 5.69 Å². The summed E-state index contributed by atoms with van der Waals surface area (Å²) in [5.74, 6) is -0.398. The molecule has 3 rings (SSSR count). The molecule has 1 aromatic heterocycles. The Labute approximate surface area is 110 Å². The molecule has 18 heavy (non-hydrogen) atoms. The normalized spacial score (nSPS) is 15.8. The first-order valence-corrected chi connectivity index (χ1v) is 5.48. The van der Waals surface area contributed by atoms with E-state index in [0.29, 0.717) is 5.76 Å². The maximum absolute atomic E-state index is 10.8. The first-order chi connectivity index (χ1) is 8.22. The number of halogens is 1. The molecule has 4 nitrogen and oxygen atoms in total. The number of nitrogens with zero attached hydrogens (tertiary/aromatic N) is 1. The third-order valence-corrected chi connectivity index (χ3v) is 3.28. The van der Waals surface area contributed by atoms with Crippen LogP contribution in [0.5, 0.6) is 0 Å². The number of carboxylic acid groups (broad SMARTS) is 1. The minimum atomic E-state index is -1.05. The van der Waals surface area contributed by atoms with Crippen LogP contribution in [0.1, 0.15) is 34.7 Å². The fraction of sp³-hybridized carbons (Fsp3) is 0.231. The lowest BCUT2D eigenvalue weighted by atomic mass is 9.93.